The van der Waals surface area contributed by atoms with Gasteiger partial charge in [-0.15, -0.1) is 0 Å². The zero-order chi connectivity index (χ0) is 11.4. The molecular weight excluding hydrogens is 198 g/mol. The summed E-state index contributed by atoms with van der Waals surface area (Å²) in [6.07, 6.45) is 4.37. The third-order valence-corrected chi connectivity index (χ3v) is 2.65. The summed E-state index contributed by atoms with van der Waals surface area (Å²) >= 11 is 0. The summed E-state index contributed by atoms with van der Waals surface area (Å²) in [6, 6.07) is 10.3. The number of aromatic nitrogens is 1. The fraction of sp³-hybridized carbons (Fsp3) is 0.214. The Balaban J connectivity index is 2.26. The maximum Gasteiger partial charge on any atom is 0.0685 e. The number of hydrogen-bond acceptors (Lipinski definition) is 2. The van der Waals surface area contributed by atoms with Gasteiger partial charge in [-0.05, 0) is 36.1 Å². The molecule has 1 aromatic carbocycles. The molecule has 2 aromatic rings. The minimum atomic E-state index is 0.0731. The van der Waals surface area contributed by atoms with E-state index in [2.05, 4.69) is 36.2 Å². The first-order valence-electron chi connectivity index (χ1n) is 5.38. The lowest BCUT2D eigenvalue weighted by atomic mass is 10.0. The standard InChI is InChI=1S/C14H15NO/c1-11-3-2-4-12(7-11)8-14-9-15-6-5-13(14)10-16/h2-7,9,16H,8,10H2,1H3. The van der Waals surface area contributed by atoms with Crippen molar-refractivity contribution in [3.05, 3.63) is 65.0 Å². The first-order valence-corrected chi connectivity index (χ1v) is 5.38. The van der Waals surface area contributed by atoms with Gasteiger partial charge in [0.1, 0.15) is 0 Å². The van der Waals surface area contributed by atoms with Gasteiger partial charge in [-0.3, -0.25) is 4.98 Å². The van der Waals surface area contributed by atoms with Gasteiger partial charge in [0.15, 0.2) is 0 Å². The molecule has 0 fully saturated rings. The Morgan fingerprint density at radius 1 is 1.19 bits per heavy atom. The second kappa shape index (κ2) is 4.90. The molecule has 1 N–H and O–H groups in total. The van der Waals surface area contributed by atoms with Gasteiger partial charge >= 0.3 is 0 Å². The molecule has 0 aliphatic rings. The van der Waals surface area contributed by atoms with E-state index in [0.717, 1.165) is 17.5 Å². The number of aryl methyl sites for hydroxylation is 1. The van der Waals surface area contributed by atoms with Crippen molar-refractivity contribution in [1.82, 2.24) is 4.98 Å². The number of pyridine rings is 1. The molecule has 0 bridgehead atoms. The molecule has 0 saturated heterocycles. The molecule has 0 saturated carbocycles. The summed E-state index contributed by atoms with van der Waals surface area (Å²) in [5.41, 5.74) is 4.56. The Kier molecular flexibility index (Phi) is 3.32. The largest absolute Gasteiger partial charge is 0.392 e. The van der Waals surface area contributed by atoms with Crippen molar-refractivity contribution in [3.8, 4) is 0 Å². The first kappa shape index (κ1) is 10.8. The van der Waals surface area contributed by atoms with Gasteiger partial charge in [0, 0.05) is 12.4 Å². The smallest absolute Gasteiger partial charge is 0.0685 e. The minimum Gasteiger partial charge on any atom is -0.392 e. The Bertz CT molecular complexity index is 480. The highest BCUT2D eigenvalue weighted by Gasteiger charge is 2.02. The van der Waals surface area contributed by atoms with Crippen molar-refractivity contribution in [2.45, 2.75) is 20.0 Å². The lowest BCUT2D eigenvalue weighted by molar-refractivity contribution is 0.280. The molecule has 0 radical (unpaired) electrons. The van der Waals surface area contributed by atoms with Crippen LogP contribution in [0.2, 0.25) is 0 Å². The number of aliphatic hydroxyl groups is 1. The lowest BCUT2D eigenvalue weighted by Crippen LogP contribution is -1.96. The van der Waals surface area contributed by atoms with Crippen LogP contribution in [0.5, 0.6) is 0 Å². The van der Waals surface area contributed by atoms with Crippen molar-refractivity contribution in [1.29, 1.82) is 0 Å². The van der Waals surface area contributed by atoms with Crippen LogP contribution in [0.15, 0.2) is 42.7 Å². The summed E-state index contributed by atoms with van der Waals surface area (Å²) in [5.74, 6) is 0. The predicted octanol–water partition coefficient (Wildman–Crippen LogP) is 2.47. The topological polar surface area (TPSA) is 33.1 Å². The summed E-state index contributed by atoms with van der Waals surface area (Å²) in [4.78, 5) is 4.10. The third kappa shape index (κ3) is 2.47. The summed E-state index contributed by atoms with van der Waals surface area (Å²) in [7, 11) is 0. The van der Waals surface area contributed by atoms with E-state index >= 15 is 0 Å². The predicted molar refractivity (Wildman–Crippen MR) is 64.1 cm³/mol. The van der Waals surface area contributed by atoms with Crippen molar-refractivity contribution in [2.24, 2.45) is 0 Å². The van der Waals surface area contributed by atoms with E-state index in [1.165, 1.54) is 11.1 Å². The number of nitrogens with zero attached hydrogens (tertiary/aromatic N) is 1. The normalized spacial score (nSPS) is 10.4. The quantitative estimate of drug-likeness (QED) is 0.849. The molecule has 2 rings (SSSR count). The monoisotopic (exact) mass is 213 g/mol. The van der Waals surface area contributed by atoms with Crippen LogP contribution in [0, 0.1) is 6.92 Å². The van der Waals surface area contributed by atoms with Crippen LogP contribution in [0.1, 0.15) is 22.3 Å². The molecule has 1 aromatic heterocycles. The zero-order valence-corrected chi connectivity index (χ0v) is 9.35. The molecule has 16 heavy (non-hydrogen) atoms. The fourth-order valence-electron chi connectivity index (χ4n) is 1.81. The zero-order valence-electron chi connectivity index (χ0n) is 9.35. The number of benzene rings is 1. The Labute approximate surface area is 95.6 Å². The van der Waals surface area contributed by atoms with Crippen LogP contribution in [-0.4, -0.2) is 10.1 Å². The van der Waals surface area contributed by atoms with E-state index in [1.807, 2.05) is 12.3 Å². The van der Waals surface area contributed by atoms with Crippen LogP contribution in [0.3, 0.4) is 0 Å². The van der Waals surface area contributed by atoms with Crippen molar-refractivity contribution >= 4 is 0 Å². The van der Waals surface area contributed by atoms with Crippen LogP contribution < -0.4 is 0 Å². The van der Waals surface area contributed by atoms with E-state index in [1.54, 1.807) is 6.20 Å². The molecular formula is C14H15NO. The van der Waals surface area contributed by atoms with E-state index in [0.29, 0.717) is 0 Å². The van der Waals surface area contributed by atoms with Gasteiger partial charge in [-0.25, -0.2) is 0 Å². The van der Waals surface area contributed by atoms with E-state index in [-0.39, 0.29) is 6.61 Å². The molecule has 0 amide bonds. The molecule has 2 heteroatoms. The maximum absolute atomic E-state index is 9.22. The molecule has 82 valence electrons. The molecule has 1 heterocycles. The summed E-state index contributed by atoms with van der Waals surface area (Å²) < 4.78 is 0. The van der Waals surface area contributed by atoms with Crippen molar-refractivity contribution < 1.29 is 5.11 Å². The average Bonchev–Trinajstić information content (AvgIpc) is 2.30. The van der Waals surface area contributed by atoms with Crippen molar-refractivity contribution in [3.63, 3.8) is 0 Å². The van der Waals surface area contributed by atoms with E-state index in [9.17, 15) is 5.11 Å². The van der Waals surface area contributed by atoms with Gasteiger partial charge in [0.2, 0.25) is 0 Å². The van der Waals surface area contributed by atoms with E-state index < -0.39 is 0 Å². The van der Waals surface area contributed by atoms with Crippen molar-refractivity contribution in [2.75, 3.05) is 0 Å². The highest BCUT2D eigenvalue weighted by Crippen LogP contribution is 2.14. The highest BCUT2D eigenvalue weighted by molar-refractivity contribution is 5.31. The van der Waals surface area contributed by atoms with Gasteiger partial charge in [0.25, 0.3) is 0 Å². The van der Waals surface area contributed by atoms with Gasteiger partial charge in [-0.2, -0.15) is 0 Å². The van der Waals surface area contributed by atoms with E-state index in [4.69, 9.17) is 0 Å². The SMILES string of the molecule is Cc1cccc(Cc2cnccc2CO)c1. The second-order valence-corrected chi connectivity index (χ2v) is 3.97. The Hall–Kier alpha value is -1.67. The van der Waals surface area contributed by atoms with Gasteiger partial charge in [0.05, 0.1) is 6.61 Å². The lowest BCUT2D eigenvalue weighted by Gasteiger charge is -2.07. The number of aliphatic hydroxyl groups excluding tert-OH is 1. The van der Waals surface area contributed by atoms with Gasteiger partial charge in [-0.1, -0.05) is 29.8 Å². The minimum absolute atomic E-state index is 0.0731. The molecule has 0 unspecified atom stereocenters. The summed E-state index contributed by atoms with van der Waals surface area (Å²) in [5, 5.41) is 9.22. The van der Waals surface area contributed by atoms with Crippen LogP contribution in [-0.2, 0) is 13.0 Å². The molecule has 0 spiro atoms. The Morgan fingerprint density at radius 2 is 2.06 bits per heavy atom. The third-order valence-electron chi connectivity index (χ3n) is 2.65. The first-order chi connectivity index (χ1) is 7.79. The average molecular weight is 213 g/mol. The second-order valence-electron chi connectivity index (χ2n) is 3.97. The summed E-state index contributed by atoms with van der Waals surface area (Å²) in [6.45, 7) is 2.16. The molecule has 0 atom stereocenters. The van der Waals surface area contributed by atoms with Crippen LogP contribution in [0.25, 0.3) is 0 Å². The Morgan fingerprint density at radius 3 is 2.81 bits per heavy atom. The molecule has 2 nitrogen and oxygen atoms in total. The van der Waals surface area contributed by atoms with Crippen LogP contribution >= 0.6 is 0 Å². The highest BCUT2D eigenvalue weighted by atomic mass is 16.3. The van der Waals surface area contributed by atoms with Crippen LogP contribution in [0.4, 0.5) is 0 Å². The molecule has 0 aliphatic heterocycles. The maximum atomic E-state index is 9.22. The number of rotatable bonds is 3. The molecule has 0 aliphatic carbocycles. The van der Waals surface area contributed by atoms with Gasteiger partial charge < -0.3 is 5.11 Å². The number of hydrogen-bond donors (Lipinski definition) is 1. The fourth-order valence-corrected chi connectivity index (χ4v) is 1.81.